The monoisotopic (exact) mass is 273 g/mol. The summed E-state index contributed by atoms with van der Waals surface area (Å²) in [5, 5.41) is 0. The number of aromatic nitrogens is 1. The highest BCUT2D eigenvalue weighted by Crippen LogP contribution is 2.22. The van der Waals surface area contributed by atoms with E-state index in [0.29, 0.717) is 12.1 Å². The van der Waals surface area contributed by atoms with Gasteiger partial charge in [0, 0.05) is 31.5 Å². The van der Waals surface area contributed by atoms with Gasteiger partial charge in [0.15, 0.2) is 0 Å². The molecule has 0 bridgehead atoms. The lowest BCUT2D eigenvalue weighted by Crippen LogP contribution is -2.30. The Kier molecular flexibility index (Phi) is 4.82. The van der Waals surface area contributed by atoms with E-state index in [1.54, 1.807) is 19.3 Å². The van der Waals surface area contributed by atoms with E-state index in [-0.39, 0.29) is 11.9 Å². The zero-order valence-corrected chi connectivity index (χ0v) is 11.9. The highest BCUT2D eigenvalue weighted by Gasteiger charge is 2.16. The molecule has 20 heavy (non-hydrogen) atoms. The molecule has 0 spiro atoms. The van der Waals surface area contributed by atoms with E-state index >= 15 is 0 Å². The molecule has 1 aromatic carbocycles. The third kappa shape index (κ3) is 3.40. The Morgan fingerprint density at radius 3 is 2.55 bits per heavy atom. The van der Waals surface area contributed by atoms with Crippen LogP contribution in [0.25, 0.3) is 0 Å². The molecule has 2 N–H and O–H groups in total. The molecule has 0 saturated heterocycles. The van der Waals surface area contributed by atoms with Gasteiger partial charge in [-0.3, -0.25) is 9.88 Å². The van der Waals surface area contributed by atoms with E-state index in [9.17, 15) is 4.39 Å². The highest BCUT2D eigenvalue weighted by molar-refractivity contribution is 5.27. The molecule has 2 aromatic rings. The van der Waals surface area contributed by atoms with Crippen LogP contribution in [0.1, 0.15) is 22.7 Å². The van der Waals surface area contributed by atoms with Gasteiger partial charge in [0.05, 0.1) is 0 Å². The van der Waals surface area contributed by atoms with Crippen LogP contribution in [0.4, 0.5) is 4.39 Å². The molecule has 2 rings (SSSR count). The Hall–Kier alpha value is -1.78. The molecule has 0 radical (unpaired) electrons. The molecule has 106 valence electrons. The number of benzene rings is 1. The van der Waals surface area contributed by atoms with Crippen LogP contribution >= 0.6 is 0 Å². The first kappa shape index (κ1) is 14.6. The van der Waals surface area contributed by atoms with E-state index in [1.165, 1.54) is 11.6 Å². The highest BCUT2D eigenvalue weighted by atomic mass is 19.1. The summed E-state index contributed by atoms with van der Waals surface area (Å²) in [5.74, 6) is -0.179. The zero-order chi connectivity index (χ0) is 14.5. The zero-order valence-electron chi connectivity index (χ0n) is 11.9. The van der Waals surface area contributed by atoms with Crippen LogP contribution in [0, 0.1) is 12.7 Å². The van der Waals surface area contributed by atoms with Crippen molar-refractivity contribution in [2.75, 3.05) is 13.6 Å². The first-order valence-electron chi connectivity index (χ1n) is 6.67. The summed E-state index contributed by atoms with van der Waals surface area (Å²) in [6.07, 6.45) is 3.56. The normalized spacial score (nSPS) is 12.7. The molecule has 0 aliphatic heterocycles. The number of halogens is 1. The second-order valence-corrected chi connectivity index (χ2v) is 5.03. The van der Waals surface area contributed by atoms with Crippen LogP contribution in [0.15, 0.2) is 42.7 Å². The maximum absolute atomic E-state index is 13.4. The van der Waals surface area contributed by atoms with Crippen LogP contribution in [0.5, 0.6) is 0 Å². The SMILES string of the molecule is Cc1cc(C(CN)N(C)Cc2ccncc2)ccc1F. The van der Waals surface area contributed by atoms with E-state index in [1.807, 2.05) is 31.3 Å². The van der Waals surface area contributed by atoms with E-state index in [2.05, 4.69) is 9.88 Å². The van der Waals surface area contributed by atoms with E-state index in [0.717, 1.165) is 12.1 Å². The predicted octanol–water partition coefficient (Wildman–Crippen LogP) is 2.66. The lowest BCUT2D eigenvalue weighted by molar-refractivity contribution is 0.241. The van der Waals surface area contributed by atoms with Crippen molar-refractivity contribution in [3.63, 3.8) is 0 Å². The molecule has 1 atom stereocenters. The standard InChI is InChI=1S/C16H20FN3/c1-12-9-14(3-4-15(12)17)16(10-18)20(2)11-13-5-7-19-8-6-13/h3-9,16H,10-11,18H2,1-2H3. The summed E-state index contributed by atoms with van der Waals surface area (Å²) in [7, 11) is 2.02. The largest absolute Gasteiger partial charge is 0.329 e. The van der Waals surface area contributed by atoms with Gasteiger partial charge < -0.3 is 5.73 Å². The maximum atomic E-state index is 13.4. The van der Waals surface area contributed by atoms with Crippen LogP contribution < -0.4 is 5.73 Å². The number of likely N-dealkylation sites (N-methyl/N-ethyl adjacent to an activating group) is 1. The molecule has 0 saturated carbocycles. The van der Waals surface area contributed by atoms with Crippen LogP contribution in [-0.2, 0) is 6.54 Å². The molecule has 4 heteroatoms. The van der Waals surface area contributed by atoms with Crippen molar-refractivity contribution >= 4 is 0 Å². The number of hydrogen-bond acceptors (Lipinski definition) is 3. The maximum Gasteiger partial charge on any atom is 0.126 e. The molecule has 0 fully saturated rings. The van der Waals surface area contributed by atoms with Gasteiger partial charge in [-0.25, -0.2) is 4.39 Å². The smallest absolute Gasteiger partial charge is 0.126 e. The Morgan fingerprint density at radius 2 is 1.95 bits per heavy atom. The number of rotatable bonds is 5. The first-order valence-corrected chi connectivity index (χ1v) is 6.67. The molecule has 1 unspecified atom stereocenters. The van der Waals surface area contributed by atoms with Gasteiger partial charge in [0.1, 0.15) is 5.82 Å². The fourth-order valence-corrected chi connectivity index (χ4v) is 2.33. The first-order chi connectivity index (χ1) is 9.61. The predicted molar refractivity (Wildman–Crippen MR) is 78.6 cm³/mol. The van der Waals surface area contributed by atoms with Crippen molar-refractivity contribution in [3.8, 4) is 0 Å². The number of nitrogens with two attached hydrogens (primary N) is 1. The number of nitrogens with zero attached hydrogens (tertiary/aromatic N) is 2. The molecular weight excluding hydrogens is 253 g/mol. The molecule has 0 aliphatic carbocycles. The topological polar surface area (TPSA) is 42.1 Å². The second-order valence-electron chi connectivity index (χ2n) is 5.03. The second kappa shape index (κ2) is 6.59. The number of pyridine rings is 1. The fraction of sp³-hybridized carbons (Fsp3) is 0.312. The van der Waals surface area contributed by atoms with Gasteiger partial charge in [-0.15, -0.1) is 0 Å². The van der Waals surface area contributed by atoms with Crippen molar-refractivity contribution < 1.29 is 4.39 Å². The summed E-state index contributed by atoms with van der Waals surface area (Å²) in [6, 6.07) is 9.23. The fourth-order valence-electron chi connectivity index (χ4n) is 2.33. The molecular formula is C16H20FN3. The Labute approximate surface area is 119 Å². The van der Waals surface area contributed by atoms with Crippen molar-refractivity contribution in [1.29, 1.82) is 0 Å². The molecule has 3 nitrogen and oxygen atoms in total. The van der Waals surface area contributed by atoms with Crippen molar-refractivity contribution in [2.24, 2.45) is 5.73 Å². The minimum absolute atomic E-state index is 0.0717. The molecule has 0 aliphatic rings. The minimum atomic E-state index is -0.179. The summed E-state index contributed by atoms with van der Waals surface area (Å²) in [5.41, 5.74) is 8.78. The average Bonchev–Trinajstić information content (AvgIpc) is 2.44. The molecule has 1 aromatic heterocycles. The lowest BCUT2D eigenvalue weighted by Gasteiger charge is -2.27. The summed E-state index contributed by atoms with van der Waals surface area (Å²) in [4.78, 5) is 6.18. The Balaban J connectivity index is 2.16. The molecule has 0 amide bonds. The Morgan fingerprint density at radius 1 is 1.25 bits per heavy atom. The lowest BCUT2D eigenvalue weighted by atomic mass is 10.0. The summed E-state index contributed by atoms with van der Waals surface area (Å²) >= 11 is 0. The number of aryl methyl sites for hydroxylation is 1. The van der Waals surface area contributed by atoms with E-state index < -0.39 is 0 Å². The van der Waals surface area contributed by atoms with Gasteiger partial charge in [0.25, 0.3) is 0 Å². The minimum Gasteiger partial charge on any atom is -0.329 e. The average molecular weight is 273 g/mol. The number of hydrogen-bond donors (Lipinski definition) is 1. The van der Waals surface area contributed by atoms with Crippen molar-refractivity contribution in [3.05, 3.63) is 65.2 Å². The summed E-state index contributed by atoms with van der Waals surface area (Å²) in [6.45, 7) is 3.04. The van der Waals surface area contributed by atoms with Crippen LogP contribution in [0.3, 0.4) is 0 Å². The van der Waals surface area contributed by atoms with Gasteiger partial charge in [-0.2, -0.15) is 0 Å². The van der Waals surface area contributed by atoms with Crippen LogP contribution in [0.2, 0.25) is 0 Å². The quantitative estimate of drug-likeness (QED) is 0.910. The van der Waals surface area contributed by atoms with Gasteiger partial charge in [-0.1, -0.05) is 12.1 Å². The van der Waals surface area contributed by atoms with Gasteiger partial charge >= 0.3 is 0 Å². The third-order valence-electron chi connectivity index (χ3n) is 3.50. The van der Waals surface area contributed by atoms with Crippen molar-refractivity contribution in [2.45, 2.75) is 19.5 Å². The van der Waals surface area contributed by atoms with Gasteiger partial charge in [0.2, 0.25) is 0 Å². The summed E-state index contributed by atoms with van der Waals surface area (Å²) < 4.78 is 13.4. The van der Waals surface area contributed by atoms with Crippen LogP contribution in [-0.4, -0.2) is 23.5 Å². The third-order valence-corrected chi connectivity index (χ3v) is 3.50. The van der Waals surface area contributed by atoms with Crippen molar-refractivity contribution in [1.82, 2.24) is 9.88 Å². The molecule has 1 heterocycles. The Bertz CT molecular complexity index is 557. The van der Waals surface area contributed by atoms with Gasteiger partial charge in [-0.05, 0) is 48.9 Å². The van der Waals surface area contributed by atoms with E-state index in [4.69, 9.17) is 5.73 Å².